The van der Waals surface area contributed by atoms with Gasteiger partial charge in [-0.15, -0.1) is 0 Å². The van der Waals surface area contributed by atoms with Crippen molar-refractivity contribution in [2.45, 2.75) is 12.6 Å². The summed E-state index contributed by atoms with van der Waals surface area (Å²) in [6, 6.07) is 14.4. The van der Waals surface area contributed by atoms with Crippen molar-refractivity contribution in [3.8, 4) is 11.3 Å². The maximum absolute atomic E-state index is 6.21. The molecule has 0 aliphatic carbocycles. The number of aromatic nitrogens is 2. The van der Waals surface area contributed by atoms with Crippen molar-refractivity contribution in [1.29, 1.82) is 0 Å². The van der Waals surface area contributed by atoms with Crippen LogP contribution in [0, 0.1) is 0 Å². The standard InChI is InChI=1S/C16H12ClN3/c1-16-9-19(16)14-7-6-10(17)8-12(14)15-11-4-2-3-5-13(11)18-20(15)16/h2-8H,9H2,1H3. The van der Waals surface area contributed by atoms with Gasteiger partial charge in [-0.3, -0.25) is 0 Å². The average Bonchev–Trinajstić information content (AvgIpc) is 2.99. The lowest BCUT2D eigenvalue weighted by Gasteiger charge is -2.25. The Labute approximate surface area is 121 Å². The summed E-state index contributed by atoms with van der Waals surface area (Å²) in [6.07, 6.45) is 0. The number of rotatable bonds is 0. The SMILES string of the molecule is CC12CN1c1ccc(Cl)cc1-c1c3ccccc3nn12. The minimum atomic E-state index is -0.0187. The zero-order chi connectivity index (χ0) is 13.5. The van der Waals surface area contributed by atoms with Gasteiger partial charge in [0.2, 0.25) is 0 Å². The van der Waals surface area contributed by atoms with Crippen LogP contribution < -0.4 is 4.90 Å². The molecule has 20 heavy (non-hydrogen) atoms. The highest BCUT2D eigenvalue weighted by Gasteiger charge is 2.55. The Morgan fingerprint density at radius 1 is 1.20 bits per heavy atom. The Hall–Kier alpha value is -2.00. The fourth-order valence-electron chi connectivity index (χ4n) is 3.36. The number of fused-ring (bicyclic) bond motifs is 8. The van der Waals surface area contributed by atoms with Gasteiger partial charge in [-0.2, -0.15) is 5.10 Å². The van der Waals surface area contributed by atoms with Gasteiger partial charge < -0.3 is 4.90 Å². The van der Waals surface area contributed by atoms with Crippen LogP contribution in [-0.4, -0.2) is 16.3 Å². The van der Waals surface area contributed by atoms with Crippen molar-refractivity contribution < 1.29 is 0 Å². The van der Waals surface area contributed by atoms with Gasteiger partial charge in [0.1, 0.15) is 5.66 Å². The van der Waals surface area contributed by atoms with Crippen molar-refractivity contribution in [3.63, 3.8) is 0 Å². The van der Waals surface area contributed by atoms with E-state index >= 15 is 0 Å². The highest BCUT2D eigenvalue weighted by atomic mass is 35.5. The lowest BCUT2D eigenvalue weighted by molar-refractivity contribution is 0.485. The second-order valence-corrected chi connectivity index (χ2v) is 6.18. The summed E-state index contributed by atoms with van der Waals surface area (Å²) in [4.78, 5) is 2.37. The number of hydrogen-bond donors (Lipinski definition) is 0. The Kier molecular flexibility index (Phi) is 1.71. The van der Waals surface area contributed by atoms with Gasteiger partial charge in [-0.1, -0.05) is 29.8 Å². The molecule has 3 nitrogen and oxygen atoms in total. The molecule has 1 saturated heterocycles. The number of anilines is 1. The lowest BCUT2D eigenvalue weighted by atomic mass is 10.0. The molecule has 1 atom stereocenters. The molecule has 0 N–H and O–H groups in total. The summed E-state index contributed by atoms with van der Waals surface area (Å²) < 4.78 is 2.16. The highest BCUT2D eigenvalue weighted by molar-refractivity contribution is 6.31. The largest absolute Gasteiger partial charge is 0.341 e. The summed E-state index contributed by atoms with van der Waals surface area (Å²) in [5.74, 6) is 0. The predicted molar refractivity (Wildman–Crippen MR) is 81.2 cm³/mol. The highest BCUT2D eigenvalue weighted by Crippen LogP contribution is 2.53. The van der Waals surface area contributed by atoms with Crippen LogP contribution in [-0.2, 0) is 5.66 Å². The molecular formula is C16H12ClN3. The summed E-state index contributed by atoms with van der Waals surface area (Å²) >= 11 is 6.21. The lowest BCUT2D eigenvalue weighted by Crippen LogP contribution is -2.26. The molecule has 3 aromatic rings. The van der Waals surface area contributed by atoms with E-state index in [1.54, 1.807) is 0 Å². The second-order valence-electron chi connectivity index (χ2n) is 5.74. The van der Waals surface area contributed by atoms with E-state index in [1.165, 1.54) is 22.3 Å². The molecule has 2 aliphatic rings. The van der Waals surface area contributed by atoms with E-state index in [1.807, 2.05) is 12.1 Å². The van der Waals surface area contributed by atoms with Gasteiger partial charge in [-0.05, 0) is 31.2 Å². The Morgan fingerprint density at radius 3 is 2.95 bits per heavy atom. The van der Waals surface area contributed by atoms with Crippen LogP contribution in [0.15, 0.2) is 42.5 Å². The molecule has 0 radical (unpaired) electrons. The van der Waals surface area contributed by atoms with Gasteiger partial charge in [0, 0.05) is 21.7 Å². The van der Waals surface area contributed by atoms with E-state index in [-0.39, 0.29) is 5.66 Å². The van der Waals surface area contributed by atoms with Crippen LogP contribution in [0.3, 0.4) is 0 Å². The molecule has 1 unspecified atom stereocenters. The van der Waals surface area contributed by atoms with Crippen molar-refractivity contribution in [3.05, 3.63) is 47.5 Å². The third-order valence-corrected chi connectivity index (χ3v) is 4.71. The van der Waals surface area contributed by atoms with Gasteiger partial charge in [0.25, 0.3) is 0 Å². The molecule has 0 spiro atoms. The normalized spacial score (nSPS) is 22.4. The first-order valence-electron chi connectivity index (χ1n) is 6.74. The topological polar surface area (TPSA) is 20.8 Å². The summed E-state index contributed by atoms with van der Waals surface area (Å²) in [7, 11) is 0. The van der Waals surface area contributed by atoms with Gasteiger partial charge >= 0.3 is 0 Å². The smallest absolute Gasteiger partial charge is 0.149 e. The molecule has 5 rings (SSSR count). The van der Waals surface area contributed by atoms with Crippen LogP contribution in [0.1, 0.15) is 6.92 Å². The molecule has 98 valence electrons. The van der Waals surface area contributed by atoms with E-state index in [4.69, 9.17) is 16.7 Å². The molecule has 4 heteroatoms. The maximum Gasteiger partial charge on any atom is 0.149 e. The number of hydrogen-bond acceptors (Lipinski definition) is 2. The van der Waals surface area contributed by atoms with Crippen LogP contribution in [0.4, 0.5) is 5.69 Å². The molecule has 1 fully saturated rings. The van der Waals surface area contributed by atoms with Crippen LogP contribution in [0.5, 0.6) is 0 Å². The van der Waals surface area contributed by atoms with E-state index in [0.717, 1.165) is 17.1 Å². The molecule has 1 aromatic heterocycles. The van der Waals surface area contributed by atoms with Crippen molar-refractivity contribution in [1.82, 2.24) is 9.78 Å². The van der Waals surface area contributed by atoms with E-state index in [0.29, 0.717) is 0 Å². The fourth-order valence-corrected chi connectivity index (χ4v) is 3.54. The molecule has 3 heterocycles. The Balaban J connectivity index is 1.97. The molecular weight excluding hydrogens is 270 g/mol. The van der Waals surface area contributed by atoms with Gasteiger partial charge in [0.05, 0.1) is 17.8 Å². The summed E-state index contributed by atoms with van der Waals surface area (Å²) in [5.41, 5.74) is 4.66. The Bertz CT molecular complexity index is 883. The van der Waals surface area contributed by atoms with E-state index in [9.17, 15) is 0 Å². The van der Waals surface area contributed by atoms with E-state index < -0.39 is 0 Å². The monoisotopic (exact) mass is 281 g/mol. The minimum Gasteiger partial charge on any atom is -0.341 e. The maximum atomic E-state index is 6.21. The molecule has 0 amide bonds. The zero-order valence-electron chi connectivity index (χ0n) is 11.0. The zero-order valence-corrected chi connectivity index (χ0v) is 11.7. The first kappa shape index (κ1) is 10.7. The molecule has 2 aromatic carbocycles. The van der Waals surface area contributed by atoms with Gasteiger partial charge in [0.15, 0.2) is 0 Å². The van der Waals surface area contributed by atoms with E-state index in [2.05, 4.69) is 46.8 Å². The summed E-state index contributed by atoms with van der Waals surface area (Å²) in [5, 5.41) is 6.78. The predicted octanol–water partition coefficient (Wildman–Crippen LogP) is 3.86. The second kappa shape index (κ2) is 3.18. The number of nitrogens with zero attached hydrogens (tertiary/aromatic N) is 3. The minimum absolute atomic E-state index is 0.0187. The fraction of sp³-hybridized carbons (Fsp3) is 0.188. The number of benzene rings is 2. The molecule has 0 bridgehead atoms. The molecule has 2 aliphatic heterocycles. The van der Waals surface area contributed by atoms with Gasteiger partial charge in [-0.25, -0.2) is 4.68 Å². The molecule has 0 saturated carbocycles. The van der Waals surface area contributed by atoms with Crippen molar-refractivity contribution in [2.75, 3.05) is 11.4 Å². The average molecular weight is 282 g/mol. The third-order valence-electron chi connectivity index (χ3n) is 4.48. The van der Waals surface area contributed by atoms with Crippen LogP contribution in [0.2, 0.25) is 5.02 Å². The summed E-state index contributed by atoms with van der Waals surface area (Å²) in [6.45, 7) is 3.24. The first-order valence-corrected chi connectivity index (χ1v) is 7.12. The Morgan fingerprint density at radius 2 is 2.05 bits per heavy atom. The quantitative estimate of drug-likeness (QED) is 0.583. The number of halogens is 1. The van der Waals surface area contributed by atoms with Crippen molar-refractivity contribution >= 4 is 28.2 Å². The van der Waals surface area contributed by atoms with Crippen LogP contribution in [0.25, 0.3) is 22.2 Å². The first-order chi connectivity index (χ1) is 9.68. The third kappa shape index (κ3) is 1.11. The van der Waals surface area contributed by atoms with Crippen molar-refractivity contribution in [2.24, 2.45) is 0 Å². The van der Waals surface area contributed by atoms with Crippen LogP contribution >= 0.6 is 11.6 Å².